The Hall–Kier alpha value is -2.69. The smallest absolute Gasteiger partial charge is 0.256 e. The molecule has 25 heavy (non-hydrogen) atoms. The van der Waals surface area contributed by atoms with E-state index in [-0.39, 0.29) is 11.9 Å². The molecule has 1 unspecified atom stereocenters. The number of rotatable bonds is 5. The second kappa shape index (κ2) is 7.05. The van der Waals surface area contributed by atoms with Gasteiger partial charge < -0.3 is 5.32 Å². The number of nitrogens with zero attached hydrogens (tertiary/aromatic N) is 3. The Labute approximate surface area is 148 Å². The maximum Gasteiger partial charge on any atom is 0.256 e. The normalized spacial score (nSPS) is 12.3. The fraction of sp³-hybridized carbons (Fsp3) is 0.350. The van der Waals surface area contributed by atoms with Gasteiger partial charge in [0.2, 0.25) is 0 Å². The van der Waals surface area contributed by atoms with E-state index in [1.165, 1.54) is 5.56 Å². The fourth-order valence-electron chi connectivity index (χ4n) is 2.93. The largest absolute Gasteiger partial charge is 0.349 e. The summed E-state index contributed by atoms with van der Waals surface area (Å²) < 4.78 is 1.77. The summed E-state index contributed by atoms with van der Waals surface area (Å²) in [4.78, 5) is 17.2. The van der Waals surface area contributed by atoms with Gasteiger partial charge in [0.05, 0.1) is 6.20 Å². The summed E-state index contributed by atoms with van der Waals surface area (Å²) in [6, 6.07) is 10.4. The van der Waals surface area contributed by atoms with Gasteiger partial charge in [-0.05, 0) is 38.3 Å². The molecule has 0 aliphatic heterocycles. The Morgan fingerprint density at radius 2 is 1.96 bits per heavy atom. The molecule has 2 aromatic heterocycles. The molecular weight excluding hydrogens is 312 g/mol. The molecule has 2 heterocycles. The summed E-state index contributed by atoms with van der Waals surface area (Å²) in [6.07, 6.45) is 3.30. The van der Waals surface area contributed by atoms with Gasteiger partial charge in [0.1, 0.15) is 5.56 Å². The van der Waals surface area contributed by atoms with Crippen LogP contribution in [0.5, 0.6) is 0 Å². The molecule has 5 nitrogen and oxygen atoms in total. The first-order valence-corrected chi connectivity index (χ1v) is 8.69. The lowest BCUT2D eigenvalue weighted by Gasteiger charge is -2.13. The Bertz CT molecular complexity index is 899. The van der Waals surface area contributed by atoms with Crippen LogP contribution in [0.4, 0.5) is 0 Å². The lowest BCUT2D eigenvalue weighted by molar-refractivity contribution is 0.0940. The number of hydrogen-bond donors (Lipinski definition) is 1. The van der Waals surface area contributed by atoms with Gasteiger partial charge in [-0.3, -0.25) is 4.79 Å². The third kappa shape index (κ3) is 3.40. The van der Waals surface area contributed by atoms with E-state index in [1.54, 1.807) is 10.7 Å². The molecule has 0 spiro atoms. The molecule has 0 aliphatic rings. The van der Waals surface area contributed by atoms with Crippen molar-refractivity contribution in [3.05, 3.63) is 64.6 Å². The van der Waals surface area contributed by atoms with E-state index < -0.39 is 0 Å². The maximum absolute atomic E-state index is 12.5. The number of aromatic nitrogens is 3. The van der Waals surface area contributed by atoms with Crippen LogP contribution in [-0.2, 0) is 6.42 Å². The van der Waals surface area contributed by atoms with Crippen molar-refractivity contribution in [2.45, 2.75) is 46.6 Å². The average Bonchev–Trinajstić information content (AvgIpc) is 3.03. The molecule has 3 aromatic rings. The highest BCUT2D eigenvalue weighted by molar-refractivity contribution is 5.99. The van der Waals surface area contributed by atoms with Gasteiger partial charge in [-0.2, -0.15) is 5.10 Å². The SMILES string of the molecule is CCC(C)NC(=O)c1cnn2c(C)c(Cc3ccccc3)c(C)nc12. The topological polar surface area (TPSA) is 59.3 Å². The van der Waals surface area contributed by atoms with Crippen LogP contribution in [0.1, 0.15) is 53.1 Å². The van der Waals surface area contributed by atoms with Gasteiger partial charge in [-0.1, -0.05) is 37.3 Å². The number of amides is 1. The van der Waals surface area contributed by atoms with E-state index in [0.29, 0.717) is 11.2 Å². The van der Waals surface area contributed by atoms with Gasteiger partial charge in [-0.25, -0.2) is 9.50 Å². The Morgan fingerprint density at radius 3 is 2.64 bits per heavy atom. The summed E-state index contributed by atoms with van der Waals surface area (Å²) in [5.41, 5.74) is 5.48. The number of hydrogen-bond acceptors (Lipinski definition) is 3. The van der Waals surface area contributed by atoms with Gasteiger partial charge in [0, 0.05) is 23.9 Å². The lowest BCUT2D eigenvalue weighted by atomic mass is 10.0. The van der Waals surface area contributed by atoms with Crippen LogP contribution < -0.4 is 5.32 Å². The molecule has 0 saturated heterocycles. The zero-order chi connectivity index (χ0) is 18.0. The minimum absolute atomic E-state index is 0.119. The van der Waals surface area contributed by atoms with Crippen molar-refractivity contribution in [2.75, 3.05) is 0 Å². The summed E-state index contributed by atoms with van der Waals surface area (Å²) in [5.74, 6) is -0.119. The molecule has 1 N–H and O–H groups in total. The van der Waals surface area contributed by atoms with E-state index in [0.717, 1.165) is 29.8 Å². The summed E-state index contributed by atoms with van der Waals surface area (Å²) in [7, 11) is 0. The zero-order valence-electron chi connectivity index (χ0n) is 15.2. The fourth-order valence-corrected chi connectivity index (χ4v) is 2.93. The van der Waals surface area contributed by atoms with Crippen molar-refractivity contribution in [3.63, 3.8) is 0 Å². The first-order valence-electron chi connectivity index (χ1n) is 8.69. The summed E-state index contributed by atoms with van der Waals surface area (Å²) in [5, 5.41) is 7.39. The van der Waals surface area contributed by atoms with Crippen LogP contribution >= 0.6 is 0 Å². The van der Waals surface area contributed by atoms with Crippen molar-refractivity contribution in [1.29, 1.82) is 0 Å². The Balaban J connectivity index is 2.00. The van der Waals surface area contributed by atoms with Crippen molar-refractivity contribution in [3.8, 4) is 0 Å². The molecule has 1 amide bonds. The summed E-state index contributed by atoms with van der Waals surface area (Å²) >= 11 is 0. The van der Waals surface area contributed by atoms with Crippen molar-refractivity contribution >= 4 is 11.6 Å². The first kappa shape index (κ1) is 17.1. The number of aryl methyl sites for hydroxylation is 2. The molecule has 5 heteroatoms. The lowest BCUT2D eigenvalue weighted by Crippen LogP contribution is -2.31. The van der Waals surface area contributed by atoms with Crippen LogP contribution in [-0.4, -0.2) is 26.5 Å². The quantitative estimate of drug-likeness (QED) is 0.776. The van der Waals surface area contributed by atoms with E-state index >= 15 is 0 Å². The molecule has 0 fully saturated rings. The molecular formula is C20H24N4O. The van der Waals surface area contributed by atoms with E-state index in [4.69, 9.17) is 0 Å². The van der Waals surface area contributed by atoms with Gasteiger partial charge >= 0.3 is 0 Å². The molecule has 0 radical (unpaired) electrons. The second-order valence-corrected chi connectivity index (χ2v) is 6.50. The average molecular weight is 336 g/mol. The minimum atomic E-state index is -0.119. The molecule has 0 aliphatic carbocycles. The van der Waals surface area contributed by atoms with Gasteiger partial charge in [0.15, 0.2) is 5.65 Å². The molecule has 3 rings (SSSR count). The predicted octanol–water partition coefficient (Wildman–Crippen LogP) is 3.47. The van der Waals surface area contributed by atoms with Crippen LogP contribution in [0.2, 0.25) is 0 Å². The maximum atomic E-state index is 12.5. The second-order valence-electron chi connectivity index (χ2n) is 6.50. The number of fused-ring (bicyclic) bond motifs is 1. The van der Waals surface area contributed by atoms with Gasteiger partial charge in [0.25, 0.3) is 5.91 Å². The predicted molar refractivity (Wildman–Crippen MR) is 98.9 cm³/mol. The van der Waals surface area contributed by atoms with Crippen LogP contribution in [0, 0.1) is 13.8 Å². The third-order valence-electron chi connectivity index (χ3n) is 4.67. The third-order valence-corrected chi connectivity index (χ3v) is 4.67. The van der Waals surface area contributed by atoms with Crippen LogP contribution in [0.25, 0.3) is 5.65 Å². The van der Waals surface area contributed by atoms with E-state index in [9.17, 15) is 4.79 Å². The van der Waals surface area contributed by atoms with E-state index in [1.807, 2.05) is 45.9 Å². The van der Waals surface area contributed by atoms with Crippen LogP contribution in [0.15, 0.2) is 36.5 Å². The minimum Gasteiger partial charge on any atom is -0.349 e. The molecule has 0 bridgehead atoms. The first-order chi connectivity index (χ1) is 12.0. The number of benzene rings is 1. The zero-order valence-corrected chi connectivity index (χ0v) is 15.2. The number of carbonyl (C=O) groups is 1. The number of nitrogens with one attached hydrogen (secondary N) is 1. The standard InChI is InChI=1S/C20H24N4O/c1-5-13(2)22-20(25)18-12-21-24-15(4)17(14(3)23-19(18)24)11-16-9-7-6-8-10-16/h6-10,12-13H,5,11H2,1-4H3,(H,22,25). The monoisotopic (exact) mass is 336 g/mol. The highest BCUT2D eigenvalue weighted by atomic mass is 16.1. The molecule has 130 valence electrons. The van der Waals surface area contributed by atoms with Crippen molar-refractivity contribution < 1.29 is 4.79 Å². The van der Waals surface area contributed by atoms with E-state index in [2.05, 4.69) is 27.5 Å². The molecule has 1 aromatic carbocycles. The van der Waals surface area contributed by atoms with Gasteiger partial charge in [-0.15, -0.1) is 0 Å². The highest BCUT2D eigenvalue weighted by Crippen LogP contribution is 2.20. The highest BCUT2D eigenvalue weighted by Gasteiger charge is 2.19. The van der Waals surface area contributed by atoms with Crippen molar-refractivity contribution in [2.24, 2.45) is 0 Å². The molecule has 1 atom stereocenters. The Kier molecular flexibility index (Phi) is 4.83. The summed E-state index contributed by atoms with van der Waals surface area (Å²) in [6.45, 7) is 8.06. The van der Waals surface area contributed by atoms with Crippen LogP contribution in [0.3, 0.4) is 0 Å². The molecule has 0 saturated carbocycles. The number of carbonyl (C=O) groups excluding carboxylic acids is 1. The Morgan fingerprint density at radius 1 is 1.24 bits per heavy atom. The van der Waals surface area contributed by atoms with Crippen molar-refractivity contribution in [1.82, 2.24) is 19.9 Å².